The summed E-state index contributed by atoms with van der Waals surface area (Å²) >= 11 is 3.70. The van der Waals surface area contributed by atoms with E-state index in [4.69, 9.17) is 0 Å². The van der Waals surface area contributed by atoms with Crippen molar-refractivity contribution in [1.82, 2.24) is 0 Å². The Balaban J connectivity index is -0.0000000759. The molecule has 0 aromatic heterocycles. The van der Waals surface area contributed by atoms with Gasteiger partial charge in [-0.25, -0.2) is 0 Å². The zero-order valence-electron chi connectivity index (χ0n) is 17.2. The van der Waals surface area contributed by atoms with Crippen LogP contribution in [0, 0.1) is 18.1 Å². The van der Waals surface area contributed by atoms with Crippen LogP contribution in [0.15, 0.2) is 0 Å². The molecular formula is C20H44OS2Zr. The first kappa shape index (κ1) is 36.2. The maximum atomic E-state index is 9.61. The zero-order chi connectivity index (χ0) is 18.4. The van der Waals surface area contributed by atoms with E-state index in [2.05, 4.69) is 73.4 Å². The number of hydrogen-bond donors (Lipinski definition) is 0. The topological polar surface area (TPSA) is 17.1 Å². The molecule has 146 valence electrons. The van der Waals surface area contributed by atoms with E-state index in [9.17, 15) is 4.79 Å². The average molecular weight is 456 g/mol. The van der Waals surface area contributed by atoms with Crippen LogP contribution in [0.1, 0.15) is 89.5 Å². The van der Waals surface area contributed by atoms with Crippen LogP contribution in [0.2, 0.25) is 0 Å². The minimum absolute atomic E-state index is 0. The smallest absolute Gasteiger partial charge is 0.542 e. The second-order valence-corrected chi connectivity index (χ2v) is 11.0. The fourth-order valence-corrected chi connectivity index (χ4v) is 1.61. The van der Waals surface area contributed by atoms with Crippen LogP contribution < -0.4 is 0 Å². The van der Waals surface area contributed by atoms with Crippen molar-refractivity contribution in [3.63, 3.8) is 0 Å². The van der Waals surface area contributed by atoms with Crippen LogP contribution in [0.3, 0.4) is 0 Å². The van der Waals surface area contributed by atoms with E-state index in [0.29, 0.717) is 9.49 Å². The molecule has 1 nitrogen and oxygen atoms in total. The molecule has 0 fully saturated rings. The molecule has 0 aliphatic rings. The van der Waals surface area contributed by atoms with Gasteiger partial charge in [0.25, 0.3) is 0 Å². The first-order valence-electron chi connectivity index (χ1n) is 8.27. The van der Waals surface area contributed by atoms with Gasteiger partial charge >= 0.3 is 26.2 Å². The monoisotopic (exact) mass is 454 g/mol. The standard InChI is InChI=1S/C9H20S.C5H9O.C5H11S.CH4.Zr/c1-6-8(2)7-10-9(3,4)5;1-3-5(2)4-6;1-5(2,3)6-4;;/h8H,6-7H2,1-5H3;5H,3H2,1-2H3;4H2,1-3H3;1H4;/q;2*-1;;+2. The average Bonchev–Trinajstić information content (AvgIpc) is 2.43. The molecule has 0 radical (unpaired) electrons. The fraction of sp³-hybridized carbons (Fsp3) is 0.900. The maximum absolute atomic E-state index is 9.61. The van der Waals surface area contributed by atoms with Gasteiger partial charge in [-0.3, -0.25) is 12.5 Å². The van der Waals surface area contributed by atoms with E-state index in [0.717, 1.165) is 12.3 Å². The third kappa shape index (κ3) is 43.6. The first-order chi connectivity index (χ1) is 9.82. The van der Waals surface area contributed by atoms with Crippen LogP contribution in [-0.2, 0) is 31.0 Å². The Morgan fingerprint density at radius 1 is 0.958 bits per heavy atom. The Labute approximate surface area is 182 Å². The largest absolute Gasteiger partial charge is 2.00 e. The van der Waals surface area contributed by atoms with Gasteiger partial charge in [0, 0.05) is 4.75 Å². The summed E-state index contributed by atoms with van der Waals surface area (Å²) in [7, 11) is 0. The molecule has 0 saturated heterocycles. The Kier molecular flexibility index (Phi) is 31.0. The molecule has 0 aliphatic heterocycles. The van der Waals surface area contributed by atoms with Gasteiger partial charge in [0.15, 0.2) is 0 Å². The van der Waals surface area contributed by atoms with Gasteiger partial charge in [-0.15, -0.1) is 5.92 Å². The molecule has 0 heterocycles. The van der Waals surface area contributed by atoms with E-state index in [1.165, 1.54) is 12.2 Å². The van der Waals surface area contributed by atoms with Crippen molar-refractivity contribution < 1.29 is 31.0 Å². The zero-order valence-corrected chi connectivity index (χ0v) is 21.3. The summed E-state index contributed by atoms with van der Waals surface area (Å²) in [5, 5.41) is 0. The first-order valence-corrected chi connectivity index (χ1v) is 10.2. The molecule has 0 aliphatic carbocycles. The molecule has 4 heteroatoms. The molecule has 0 bridgehead atoms. The van der Waals surface area contributed by atoms with Gasteiger partial charge in [-0.05, 0) is 16.4 Å². The third-order valence-electron chi connectivity index (χ3n) is 2.74. The van der Waals surface area contributed by atoms with Gasteiger partial charge < -0.3 is 16.6 Å². The fourth-order valence-electron chi connectivity index (χ4n) is 0.593. The van der Waals surface area contributed by atoms with Gasteiger partial charge in [-0.2, -0.15) is 11.8 Å². The van der Waals surface area contributed by atoms with Crippen LogP contribution in [-0.4, -0.2) is 21.5 Å². The molecule has 24 heavy (non-hydrogen) atoms. The number of carbonyl (C=O) groups excluding carboxylic acids is 1. The SMILES string of the molecule is C.CCC(C)CSC(C)(C)C.CCC(C)[C-]=O.[CH2-]SC(C)(C)C.[Zr+2]. The van der Waals surface area contributed by atoms with Crippen molar-refractivity contribution in [2.45, 2.75) is 99.0 Å². The summed E-state index contributed by atoms with van der Waals surface area (Å²) < 4.78 is 0.795. The molecule has 0 aromatic carbocycles. The quantitative estimate of drug-likeness (QED) is 0.396. The number of thioether (sulfide) groups is 2. The van der Waals surface area contributed by atoms with Crippen molar-refractivity contribution in [3.05, 3.63) is 6.26 Å². The van der Waals surface area contributed by atoms with E-state index in [1.54, 1.807) is 11.8 Å². The van der Waals surface area contributed by atoms with E-state index in [-0.39, 0.29) is 39.5 Å². The van der Waals surface area contributed by atoms with Crippen LogP contribution in [0.4, 0.5) is 0 Å². The van der Waals surface area contributed by atoms with Gasteiger partial charge in [0.1, 0.15) is 0 Å². The summed E-state index contributed by atoms with van der Waals surface area (Å²) in [4.78, 5) is 9.61. The predicted octanol–water partition coefficient (Wildman–Crippen LogP) is 7.65. The Hall–Kier alpha value is 1.25. The van der Waals surface area contributed by atoms with E-state index < -0.39 is 0 Å². The van der Waals surface area contributed by atoms with E-state index in [1.807, 2.05) is 20.1 Å². The summed E-state index contributed by atoms with van der Waals surface area (Å²) in [5.41, 5.74) is 0. The van der Waals surface area contributed by atoms with Crippen LogP contribution in [0.5, 0.6) is 0 Å². The molecule has 0 N–H and O–H groups in total. The Morgan fingerprint density at radius 3 is 1.46 bits per heavy atom. The minimum atomic E-state index is 0. The molecule has 0 spiro atoms. The molecule has 0 rings (SSSR count). The van der Waals surface area contributed by atoms with Crippen molar-refractivity contribution >= 4 is 29.8 Å². The summed E-state index contributed by atoms with van der Waals surface area (Å²) in [6.45, 7) is 21.7. The number of hydrogen-bond acceptors (Lipinski definition) is 3. The molecular weight excluding hydrogens is 412 g/mol. The summed E-state index contributed by atoms with van der Waals surface area (Å²) in [6.07, 6.45) is 7.75. The molecule has 0 amide bonds. The van der Waals surface area contributed by atoms with E-state index >= 15 is 0 Å². The van der Waals surface area contributed by atoms with Crippen molar-refractivity contribution in [2.75, 3.05) is 5.75 Å². The molecule has 0 aromatic rings. The van der Waals surface area contributed by atoms with Crippen molar-refractivity contribution in [3.8, 4) is 0 Å². The van der Waals surface area contributed by atoms with Crippen LogP contribution >= 0.6 is 23.5 Å². The third-order valence-corrected chi connectivity index (χ3v) is 5.21. The normalized spacial score (nSPS) is 12.8. The van der Waals surface area contributed by atoms with Crippen LogP contribution in [0.25, 0.3) is 0 Å². The molecule has 2 unspecified atom stereocenters. The molecule has 2 atom stereocenters. The van der Waals surface area contributed by atoms with Gasteiger partial charge in [0.2, 0.25) is 0 Å². The minimum Gasteiger partial charge on any atom is -0.542 e. The predicted molar refractivity (Wildman–Crippen MR) is 116 cm³/mol. The Morgan fingerprint density at radius 2 is 1.33 bits per heavy atom. The number of rotatable bonds is 5. The van der Waals surface area contributed by atoms with Gasteiger partial charge in [-0.1, -0.05) is 89.5 Å². The molecule has 0 saturated carbocycles. The van der Waals surface area contributed by atoms with Crippen molar-refractivity contribution in [2.24, 2.45) is 11.8 Å². The van der Waals surface area contributed by atoms with Crippen molar-refractivity contribution in [1.29, 1.82) is 0 Å². The summed E-state index contributed by atoms with van der Waals surface area (Å²) in [5.74, 6) is 2.31. The summed E-state index contributed by atoms with van der Waals surface area (Å²) in [6, 6.07) is 0. The Bertz CT molecular complexity index is 245. The maximum Gasteiger partial charge on any atom is 2.00 e. The second-order valence-electron chi connectivity index (χ2n) is 7.62. The van der Waals surface area contributed by atoms with Gasteiger partial charge in [0.05, 0.1) is 0 Å². The second kappa shape index (κ2) is 20.6.